The van der Waals surface area contributed by atoms with Crippen LogP contribution in [-0.2, 0) is 0 Å². The van der Waals surface area contributed by atoms with Crippen LogP contribution in [0.25, 0.3) is 0 Å². The van der Waals surface area contributed by atoms with Crippen LogP contribution in [0.4, 0.5) is 0 Å². The highest BCUT2D eigenvalue weighted by Gasteiger charge is 2.41. The molecule has 1 fully saturated rings. The summed E-state index contributed by atoms with van der Waals surface area (Å²) < 4.78 is 0. The van der Waals surface area contributed by atoms with Gasteiger partial charge in [0.25, 0.3) is 0 Å². The zero-order chi connectivity index (χ0) is 11.5. The molecule has 2 nitrogen and oxygen atoms in total. The van der Waals surface area contributed by atoms with Gasteiger partial charge in [0.15, 0.2) is 0 Å². The molecule has 1 rings (SSSR count). The van der Waals surface area contributed by atoms with Crippen LogP contribution in [0.1, 0.15) is 52.9 Å². The lowest BCUT2D eigenvalue weighted by Gasteiger charge is -2.51. The zero-order valence-corrected chi connectivity index (χ0v) is 10.9. The molecule has 0 bridgehead atoms. The predicted molar refractivity (Wildman–Crippen MR) is 66.9 cm³/mol. The van der Waals surface area contributed by atoms with E-state index in [-0.39, 0.29) is 5.54 Å². The van der Waals surface area contributed by atoms with Crippen molar-refractivity contribution in [1.29, 1.82) is 0 Å². The molecule has 0 amide bonds. The van der Waals surface area contributed by atoms with Crippen molar-refractivity contribution in [3.8, 4) is 0 Å². The summed E-state index contributed by atoms with van der Waals surface area (Å²) in [7, 11) is 2.27. The monoisotopic (exact) mass is 212 g/mol. The molecule has 15 heavy (non-hydrogen) atoms. The highest BCUT2D eigenvalue weighted by molar-refractivity contribution is 4.98. The second-order valence-corrected chi connectivity index (χ2v) is 5.32. The minimum atomic E-state index is 0.272. The molecule has 2 N–H and O–H groups in total. The van der Waals surface area contributed by atoms with Crippen molar-refractivity contribution < 1.29 is 0 Å². The van der Waals surface area contributed by atoms with Gasteiger partial charge in [0.05, 0.1) is 0 Å². The number of nitrogens with zero attached hydrogens (tertiary/aromatic N) is 1. The van der Waals surface area contributed by atoms with Crippen LogP contribution in [0.2, 0.25) is 0 Å². The average molecular weight is 212 g/mol. The molecule has 0 radical (unpaired) electrons. The Labute approximate surface area is 95.2 Å². The Bertz CT molecular complexity index is 193. The smallest absolute Gasteiger partial charge is 0.0356 e. The molecule has 0 heterocycles. The van der Waals surface area contributed by atoms with E-state index in [2.05, 4.69) is 32.7 Å². The minimum Gasteiger partial charge on any atom is -0.329 e. The van der Waals surface area contributed by atoms with Crippen LogP contribution in [0.5, 0.6) is 0 Å². The Kier molecular flexibility index (Phi) is 4.60. The summed E-state index contributed by atoms with van der Waals surface area (Å²) in [6, 6.07) is 0.647. The number of hydrogen-bond donors (Lipinski definition) is 1. The minimum absolute atomic E-state index is 0.272. The maximum atomic E-state index is 6.08. The van der Waals surface area contributed by atoms with E-state index in [9.17, 15) is 0 Å². The van der Waals surface area contributed by atoms with Gasteiger partial charge in [-0.2, -0.15) is 0 Å². The average Bonchev–Trinajstić information content (AvgIpc) is 2.28. The Hall–Kier alpha value is -0.0800. The van der Waals surface area contributed by atoms with Crippen LogP contribution < -0.4 is 5.73 Å². The largest absolute Gasteiger partial charge is 0.329 e. The van der Waals surface area contributed by atoms with Crippen LogP contribution in [0, 0.1) is 5.92 Å². The summed E-state index contributed by atoms with van der Waals surface area (Å²) in [4.78, 5) is 2.55. The molecule has 0 aromatic heterocycles. The second-order valence-electron chi connectivity index (χ2n) is 5.32. The van der Waals surface area contributed by atoms with Crippen LogP contribution in [-0.4, -0.2) is 30.1 Å². The lowest BCUT2D eigenvalue weighted by atomic mass is 9.72. The summed E-state index contributed by atoms with van der Waals surface area (Å²) in [5, 5.41) is 0. The van der Waals surface area contributed by atoms with Crippen molar-refractivity contribution >= 4 is 0 Å². The maximum absolute atomic E-state index is 6.08. The Morgan fingerprint density at radius 3 is 2.60 bits per heavy atom. The number of nitrogens with two attached hydrogens (primary N) is 1. The standard InChI is InChI=1S/C13H28N2/c1-5-12(3)15(4)13(10-14)9-7-6-8-11(13)2/h11-12H,5-10,14H2,1-4H3. The molecular formula is C13H28N2. The predicted octanol–water partition coefficient (Wildman–Crippen LogP) is 2.62. The van der Waals surface area contributed by atoms with Crippen LogP contribution in [0.15, 0.2) is 0 Å². The Morgan fingerprint density at radius 1 is 1.47 bits per heavy atom. The first-order chi connectivity index (χ1) is 7.08. The molecule has 1 saturated carbocycles. The van der Waals surface area contributed by atoms with Gasteiger partial charge in [0, 0.05) is 18.1 Å². The second kappa shape index (κ2) is 5.31. The van der Waals surface area contributed by atoms with Gasteiger partial charge < -0.3 is 5.73 Å². The molecule has 0 aromatic rings. The van der Waals surface area contributed by atoms with E-state index in [1.807, 2.05) is 0 Å². The third-order valence-electron chi connectivity index (χ3n) is 4.72. The molecule has 0 spiro atoms. The summed E-state index contributed by atoms with van der Waals surface area (Å²) in [5.41, 5.74) is 6.35. The molecule has 0 aliphatic heterocycles. The van der Waals surface area contributed by atoms with Gasteiger partial charge in [-0.3, -0.25) is 4.90 Å². The van der Waals surface area contributed by atoms with Gasteiger partial charge >= 0.3 is 0 Å². The van der Waals surface area contributed by atoms with Crippen LogP contribution in [0.3, 0.4) is 0 Å². The van der Waals surface area contributed by atoms with Gasteiger partial charge in [0.2, 0.25) is 0 Å². The van der Waals surface area contributed by atoms with Crippen LogP contribution >= 0.6 is 0 Å². The van der Waals surface area contributed by atoms with E-state index in [0.717, 1.165) is 12.5 Å². The fraction of sp³-hybridized carbons (Fsp3) is 1.00. The first-order valence-electron chi connectivity index (χ1n) is 6.51. The SMILES string of the molecule is CCC(C)N(C)C1(CN)CCCCC1C. The Morgan fingerprint density at radius 2 is 2.13 bits per heavy atom. The van der Waals surface area contributed by atoms with Crippen molar-refractivity contribution in [2.45, 2.75) is 64.5 Å². The Balaban J connectivity index is 2.81. The van der Waals surface area contributed by atoms with E-state index in [0.29, 0.717) is 6.04 Å². The third kappa shape index (κ3) is 2.36. The fourth-order valence-corrected chi connectivity index (χ4v) is 3.08. The first kappa shape index (κ1) is 13.0. The van der Waals surface area contributed by atoms with E-state index in [4.69, 9.17) is 5.73 Å². The number of likely N-dealkylation sites (N-methyl/N-ethyl adjacent to an activating group) is 1. The van der Waals surface area contributed by atoms with Gasteiger partial charge in [0.1, 0.15) is 0 Å². The summed E-state index contributed by atoms with van der Waals surface area (Å²) in [6.07, 6.45) is 6.58. The van der Waals surface area contributed by atoms with Crippen molar-refractivity contribution in [2.24, 2.45) is 11.7 Å². The maximum Gasteiger partial charge on any atom is 0.0356 e. The van der Waals surface area contributed by atoms with Gasteiger partial charge in [-0.1, -0.05) is 26.7 Å². The van der Waals surface area contributed by atoms with Gasteiger partial charge in [-0.25, -0.2) is 0 Å². The quantitative estimate of drug-likeness (QED) is 0.776. The number of rotatable bonds is 4. The molecular weight excluding hydrogens is 184 g/mol. The highest BCUT2D eigenvalue weighted by atomic mass is 15.2. The summed E-state index contributed by atoms with van der Waals surface area (Å²) in [6.45, 7) is 7.78. The summed E-state index contributed by atoms with van der Waals surface area (Å²) >= 11 is 0. The number of hydrogen-bond acceptors (Lipinski definition) is 2. The van der Waals surface area contributed by atoms with Gasteiger partial charge in [-0.05, 0) is 39.2 Å². The summed E-state index contributed by atoms with van der Waals surface area (Å²) in [5.74, 6) is 0.746. The third-order valence-corrected chi connectivity index (χ3v) is 4.72. The zero-order valence-electron chi connectivity index (χ0n) is 10.9. The molecule has 0 aromatic carbocycles. The molecule has 3 atom stereocenters. The lowest BCUT2D eigenvalue weighted by molar-refractivity contribution is 0.00629. The normalized spacial score (nSPS) is 34.4. The molecule has 0 saturated heterocycles. The van der Waals surface area contributed by atoms with Gasteiger partial charge in [-0.15, -0.1) is 0 Å². The van der Waals surface area contributed by atoms with E-state index in [1.165, 1.54) is 32.1 Å². The van der Waals surface area contributed by atoms with Crippen molar-refractivity contribution in [3.05, 3.63) is 0 Å². The molecule has 3 unspecified atom stereocenters. The highest BCUT2D eigenvalue weighted by Crippen LogP contribution is 2.38. The lowest BCUT2D eigenvalue weighted by Crippen LogP contribution is -2.60. The fourth-order valence-electron chi connectivity index (χ4n) is 3.08. The van der Waals surface area contributed by atoms with E-state index < -0.39 is 0 Å². The van der Waals surface area contributed by atoms with Crippen molar-refractivity contribution in [3.63, 3.8) is 0 Å². The van der Waals surface area contributed by atoms with E-state index in [1.54, 1.807) is 0 Å². The topological polar surface area (TPSA) is 29.3 Å². The molecule has 1 aliphatic carbocycles. The molecule has 1 aliphatic rings. The van der Waals surface area contributed by atoms with Crippen molar-refractivity contribution in [1.82, 2.24) is 4.90 Å². The van der Waals surface area contributed by atoms with E-state index >= 15 is 0 Å². The first-order valence-corrected chi connectivity index (χ1v) is 6.51. The molecule has 2 heteroatoms. The molecule has 90 valence electrons. The van der Waals surface area contributed by atoms with Crippen molar-refractivity contribution in [2.75, 3.05) is 13.6 Å².